The van der Waals surface area contributed by atoms with Gasteiger partial charge in [-0.1, -0.05) is 15.9 Å². The van der Waals surface area contributed by atoms with Gasteiger partial charge in [0.1, 0.15) is 5.75 Å². The highest BCUT2D eigenvalue weighted by Crippen LogP contribution is 2.29. The van der Waals surface area contributed by atoms with Gasteiger partial charge >= 0.3 is 0 Å². The van der Waals surface area contributed by atoms with Gasteiger partial charge in [0.15, 0.2) is 0 Å². The van der Waals surface area contributed by atoms with E-state index in [9.17, 15) is 0 Å². The molecule has 1 aliphatic rings. The number of piperidine rings is 1. The largest absolute Gasteiger partial charge is 0.496 e. The molecule has 1 atom stereocenters. The van der Waals surface area contributed by atoms with Crippen LogP contribution in [0.5, 0.6) is 5.75 Å². The first-order valence-corrected chi connectivity index (χ1v) is 7.03. The molecule has 0 radical (unpaired) electrons. The summed E-state index contributed by atoms with van der Waals surface area (Å²) in [4.78, 5) is 0. The number of hydrogen-bond acceptors (Lipinski definition) is 2. The van der Waals surface area contributed by atoms with Crippen LogP contribution in [0.4, 0.5) is 0 Å². The Balaban J connectivity index is 2.13. The molecule has 0 spiro atoms. The molecule has 0 aromatic heterocycles. The summed E-state index contributed by atoms with van der Waals surface area (Å²) in [5.74, 6) is 1.75. The van der Waals surface area contributed by atoms with E-state index in [0.29, 0.717) is 0 Å². The summed E-state index contributed by atoms with van der Waals surface area (Å²) < 4.78 is 6.60. The van der Waals surface area contributed by atoms with Crippen LogP contribution in [0.15, 0.2) is 16.6 Å². The monoisotopic (exact) mass is 297 g/mol. The second kappa shape index (κ2) is 5.87. The molecule has 0 aliphatic carbocycles. The van der Waals surface area contributed by atoms with Crippen LogP contribution < -0.4 is 10.1 Å². The fourth-order valence-corrected chi connectivity index (χ4v) is 3.10. The predicted octanol–water partition coefficient (Wildman–Crippen LogP) is 3.31. The Morgan fingerprint density at radius 1 is 1.47 bits per heavy atom. The summed E-state index contributed by atoms with van der Waals surface area (Å²) in [6, 6.07) is 4.33. The quantitative estimate of drug-likeness (QED) is 0.924. The zero-order chi connectivity index (χ0) is 12.3. The SMILES string of the molecule is COc1cc(CC2CCCNC2)c(Br)cc1C. The molecule has 1 aliphatic heterocycles. The van der Waals surface area contributed by atoms with Crippen molar-refractivity contribution in [1.82, 2.24) is 5.32 Å². The molecule has 1 heterocycles. The van der Waals surface area contributed by atoms with Gasteiger partial charge in [0.25, 0.3) is 0 Å². The molecular formula is C14H20BrNO. The van der Waals surface area contributed by atoms with Gasteiger partial charge in [-0.05, 0) is 68.5 Å². The van der Waals surface area contributed by atoms with Gasteiger partial charge in [-0.15, -0.1) is 0 Å². The summed E-state index contributed by atoms with van der Waals surface area (Å²) in [6.07, 6.45) is 3.76. The van der Waals surface area contributed by atoms with Crippen molar-refractivity contribution < 1.29 is 4.74 Å². The van der Waals surface area contributed by atoms with Gasteiger partial charge in [0, 0.05) is 4.47 Å². The Bertz CT molecular complexity index is 386. The smallest absolute Gasteiger partial charge is 0.122 e. The third-order valence-corrected chi connectivity index (χ3v) is 4.21. The molecule has 0 bridgehead atoms. The third kappa shape index (κ3) is 3.23. The van der Waals surface area contributed by atoms with E-state index < -0.39 is 0 Å². The van der Waals surface area contributed by atoms with Crippen molar-refractivity contribution in [2.24, 2.45) is 5.92 Å². The van der Waals surface area contributed by atoms with Crippen molar-refractivity contribution in [3.8, 4) is 5.75 Å². The second-order valence-corrected chi connectivity index (χ2v) is 5.68. The van der Waals surface area contributed by atoms with Crippen LogP contribution in [-0.2, 0) is 6.42 Å². The normalized spacial score (nSPS) is 20.3. The molecule has 1 N–H and O–H groups in total. The fraction of sp³-hybridized carbons (Fsp3) is 0.571. The Kier molecular flexibility index (Phi) is 4.46. The Morgan fingerprint density at radius 2 is 2.29 bits per heavy atom. The minimum atomic E-state index is 0.757. The molecule has 0 saturated carbocycles. The number of halogens is 1. The predicted molar refractivity (Wildman–Crippen MR) is 74.7 cm³/mol. The minimum absolute atomic E-state index is 0.757. The van der Waals surface area contributed by atoms with Gasteiger partial charge in [-0.2, -0.15) is 0 Å². The Morgan fingerprint density at radius 3 is 2.94 bits per heavy atom. The van der Waals surface area contributed by atoms with Crippen LogP contribution >= 0.6 is 15.9 Å². The molecule has 1 saturated heterocycles. The number of rotatable bonds is 3. The van der Waals surface area contributed by atoms with E-state index in [4.69, 9.17) is 4.74 Å². The number of methoxy groups -OCH3 is 1. The number of aryl methyl sites for hydroxylation is 1. The van der Waals surface area contributed by atoms with Crippen molar-refractivity contribution in [2.45, 2.75) is 26.2 Å². The van der Waals surface area contributed by atoms with E-state index in [1.54, 1.807) is 7.11 Å². The van der Waals surface area contributed by atoms with Gasteiger partial charge in [0.2, 0.25) is 0 Å². The van der Waals surface area contributed by atoms with Crippen LogP contribution in [0.1, 0.15) is 24.0 Å². The number of benzene rings is 1. The fourth-order valence-electron chi connectivity index (χ4n) is 2.48. The lowest BCUT2D eigenvalue weighted by Gasteiger charge is -2.23. The molecule has 3 heteroatoms. The molecule has 2 nitrogen and oxygen atoms in total. The Hall–Kier alpha value is -0.540. The summed E-state index contributed by atoms with van der Waals surface area (Å²) in [5.41, 5.74) is 2.55. The van der Waals surface area contributed by atoms with E-state index >= 15 is 0 Å². The maximum Gasteiger partial charge on any atom is 0.122 e. The molecule has 1 fully saturated rings. The van der Waals surface area contributed by atoms with E-state index in [0.717, 1.165) is 24.6 Å². The zero-order valence-electron chi connectivity index (χ0n) is 10.6. The molecule has 1 aromatic rings. The first-order chi connectivity index (χ1) is 8.20. The number of ether oxygens (including phenoxy) is 1. The lowest BCUT2D eigenvalue weighted by molar-refractivity contribution is 0.374. The standard InChI is InChI=1S/C14H20BrNO/c1-10-6-13(15)12(8-14(10)17-2)7-11-4-3-5-16-9-11/h6,8,11,16H,3-5,7,9H2,1-2H3. The molecule has 0 amide bonds. The van der Waals surface area contributed by atoms with Crippen LogP contribution in [0, 0.1) is 12.8 Å². The average Bonchev–Trinajstić information content (AvgIpc) is 2.34. The highest BCUT2D eigenvalue weighted by atomic mass is 79.9. The van der Waals surface area contributed by atoms with E-state index in [1.165, 1.54) is 35.0 Å². The summed E-state index contributed by atoms with van der Waals surface area (Å²) >= 11 is 3.66. The maximum absolute atomic E-state index is 5.39. The highest BCUT2D eigenvalue weighted by Gasteiger charge is 2.16. The maximum atomic E-state index is 5.39. The van der Waals surface area contributed by atoms with Gasteiger partial charge in [0.05, 0.1) is 7.11 Å². The van der Waals surface area contributed by atoms with Gasteiger partial charge < -0.3 is 10.1 Å². The molecule has 1 unspecified atom stereocenters. The van der Waals surface area contributed by atoms with Crippen molar-refractivity contribution in [1.29, 1.82) is 0 Å². The Labute approximate surface area is 112 Å². The van der Waals surface area contributed by atoms with E-state index in [-0.39, 0.29) is 0 Å². The lowest BCUT2D eigenvalue weighted by atomic mass is 9.92. The van der Waals surface area contributed by atoms with Crippen molar-refractivity contribution in [2.75, 3.05) is 20.2 Å². The molecular weight excluding hydrogens is 278 g/mol. The first-order valence-electron chi connectivity index (χ1n) is 6.24. The summed E-state index contributed by atoms with van der Waals surface area (Å²) in [6.45, 7) is 4.40. The minimum Gasteiger partial charge on any atom is -0.496 e. The third-order valence-electron chi connectivity index (χ3n) is 3.47. The number of nitrogens with one attached hydrogen (secondary N) is 1. The van der Waals surface area contributed by atoms with E-state index in [2.05, 4.69) is 40.3 Å². The molecule has 17 heavy (non-hydrogen) atoms. The van der Waals surface area contributed by atoms with E-state index in [1.807, 2.05) is 0 Å². The molecule has 1 aromatic carbocycles. The first kappa shape index (κ1) is 12.9. The summed E-state index contributed by atoms with van der Waals surface area (Å²) in [7, 11) is 1.74. The van der Waals surface area contributed by atoms with Crippen molar-refractivity contribution >= 4 is 15.9 Å². The van der Waals surface area contributed by atoms with Crippen LogP contribution in [-0.4, -0.2) is 20.2 Å². The van der Waals surface area contributed by atoms with Gasteiger partial charge in [-0.25, -0.2) is 0 Å². The topological polar surface area (TPSA) is 21.3 Å². The highest BCUT2D eigenvalue weighted by molar-refractivity contribution is 9.10. The second-order valence-electron chi connectivity index (χ2n) is 4.83. The van der Waals surface area contributed by atoms with Gasteiger partial charge in [-0.3, -0.25) is 0 Å². The average molecular weight is 298 g/mol. The lowest BCUT2D eigenvalue weighted by Crippen LogP contribution is -2.30. The van der Waals surface area contributed by atoms with Crippen molar-refractivity contribution in [3.05, 3.63) is 27.7 Å². The van der Waals surface area contributed by atoms with Crippen molar-refractivity contribution in [3.63, 3.8) is 0 Å². The molecule has 94 valence electrons. The van der Waals surface area contributed by atoms with Crippen LogP contribution in [0.25, 0.3) is 0 Å². The summed E-state index contributed by atoms with van der Waals surface area (Å²) in [5, 5.41) is 3.47. The van der Waals surface area contributed by atoms with Crippen LogP contribution in [0.3, 0.4) is 0 Å². The zero-order valence-corrected chi connectivity index (χ0v) is 12.1. The van der Waals surface area contributed by atoms with Crippen LogP contribution in [0.2, 0.25) is 0 Å². The molecule has 2 rings (SSSR count). The number of hydrogen-bond donors (Lipinski definition) is 1.